The van der Waals surface area contributed by atoms with Crippen molar-refractivity contribution < 1.29 is 0 Å². The van der Waals surface area contributed by atoms with Gasteiger partial charge < -0.3 is 18.3 Å². The van der Waals surface area contributed by atoms with Crippen LogP contribution in [0.15, 0.2) is 510 Å². The zero-order chi connectivity index (χ0) is 88.1. The topological polar surface area (TPSA) is 19.7 Å². The van der Waals surface area contributed by atoms with E-state index < -0.39 is 10.8 Å². The van der Waals surface area contributed by atoms with E-state index in [1.54, 1.807) is 0 Å². The van der Waals surface area contributed by atoms with Gasteiger partial charge in [0.2, 0.25) is 0 Å². The number of hydrogen-bond donors (Lipinski definition) is 0. The van der Waals surface area contributed by atoms with Gasteiger partial charge in [-0.25, -0.2) is 0 Å². The lowest BCUT2D eigenvalue weighted by atomic mass is 9.67. The maximum absolute atomic E-state index is 2.59. The summed E-state index contributed by atoms with van der Waals surface area (Å²) < 4.78 is 9.97. The standard InChI is InChI=1S/2C65H42N2/c1-4-17-43(18-5-1)44-31-35-50(36-32-44)66-60-29-15-13-26-52(60)55-41-46(33-39-61(55)66)47-34-40-62-56(42-47)53-37-38-58-63(64(53)67(62)59-30-16-20-45-19-10-11-25-51(45)59)54-27-12-14-28-57(54)65(58,48-21-6-2-7-22-48)49-23-8-3-9-24-49;1-4-17-43(18-5-1)44-31-35-50(36-32-44)66-60-29-15-13-27-53(60)56-41-46(33-39-61(56)66)47-34-40-62-57(42-47)55-38-37-54-52-26-12-14-28-58(52)65(48-21-6-2-7-22-48,49-23-8-3-9-24-49)63(54)64(55)67(62)59-30-16-20-45-19-10-11-25-51(45)59/h2*1-42H. The van der Waals surface area contributed by atoms with Gasteiger partial charge in [-0.15, -0.1) is 0 Å². The van der Waals surface area contributed by atoms with Gasteiger partial charge in [-0.2, -0.15) is 0 Å². The minimum atomic E-state index is -0.575. The molecule has 0 aliphatic heterocycles. The molecule has 0 spiro atoms. The Hall–Kier alpha value is -17.4. The molecule has 0 amide bonds. The first kappa shape index (κ1) is 76.6. The molecule has 0 saturated carbocycles. The zero-order valence-corrected chi connectivity index (χ0v) is 73.3. The Morgan fingerprint density at radius 1 is 0.157 bits per heavy atom. The van der Waals surface area contributed by atoms with Crippen molar-refractivity contribution in [2.75, 3.05) is 0 Å². The second-order valence-corrected chi connectivity index (χ2v) is 35.9. The second kappa shape index (κ2) is 30.6. The number of benzene rings is 22. The number of para-hydroxylation sites is 2. The van der Waals surface area contributed by atoms with Gasteiger partial charge in [-0.1, -0.05) is 413 Å². The molecule has 0 fully saturated rings. The highest BCUT2D eigenvalue weighted by Gasteiger charge is 2.50. The van der Waals surface area contributed by atoms with E-state index in [1.165, 1.54) is 231 Å². The van der Waals surface area contributed by atoms with Gasteiger partial charge >= 0.3 is 0 Å². The number of aromatic nitrogens is 4. The van der Waals surface area contributed by atoms with Crippen LogP contribution in [0.1, 0.15) is 44.5 Å². The van der Waals surface area contributed by atoms with E-state index in [2.05, 4.69) is 528 Å². The SMILES string of the molecule is c1ccc(-c2ccc(-n3c4ccccc4c4cc(-c5ccc6c(c5)c5ccc7c(c5n6-c5cccc6ccccc56)-c5ccccc5C7(c5ccccc5)c5ccccc5)ccc43)cc2)cc1.c1ccc(-c2ccc(-n3c4ccccc4c4cc(-c5ccc6c(c5)c5ccc7c(c5n6-c5cccc6ccccc56)C(c5ccccc5)(c5ccccc5)c5ccccc5-7)ccc43)cc2)cc1. The Kier molecular flexibility index (Phi) is 17.5. The molecule has 26 aromatic rings. The highest BCUT2D eigenvalue weighted by atomic mass is 15.0. The van der Waals surface area contributed by atoms with Crippen LogP contribution in [0, 0.1) is 0 Å². The van der Waals surface area contributed by atoms with Crippen LogP contribution in [0.2, 0.25) is 0 Å². The molecule has 4 nitrogen and oxygen atoms in total. The summed E-state index contributed by atoms with van der Waals surface area (Å²) >= 11 is 0. The van der Waals surface area contributed by atoms with Crippen molar-refractivity contribution in [1.82, 2.24) is 18.3 Å². The van der Waals surface area contributed by atoms with Gasteiger partial charge in [0.1, 0.15) is 0 Å². The van der Waals surface area contributed by atoms with Gasteiger partial charge in [-0.05, 0) is 208 Å². The first-order chi connectivity index (χ1) is 66.5. The van der Waals surface area contributed by atoms with E-state index in [4.69, 9.17) is 0 Å². The first-order valence-electron chi connectivity index (χ1n) is 46.5. The van der Waals surface area contributed by atoms with E-state index in [-0.39, 0.29) is 0 Å². The van der Waals surface area contributed by atoms with Gasteiger partial charge in [0.25, 0.3) is 0 Å². The van der Waals surface area contributed by atoms with Gasteiger partial charge in [0, 0.05) is 76.4 Å². The molecule has 4 heterocycles. The maximum atomic E-state index is 2.59. The smallest absolute Gasteiger partial charge is 0.0734 e. The largest absolute Gasteiger partial charge is 0.309 e. The summed E-state index contributed by atoms with van der Waals surface area (Å²) in [5, 5.41) is 14.8. The summed E-state index contributed by atoms with van der Waals surface area (Å²) in [6.45, 7) is 0. The van der Waals surface area contributed by atoms with Crippen LogP contribution < -0.4 is 0 Å². The molecule has 0 saturated heterocycles. The number of fused-ring (bicyclic) bond motifs is 22. The van der Waals surface area contributed by atoms with Crippen molar-refractivity contribution in [2.24, 2.45) is 0 Å². The molecule has 134 heavy (non-hydrogen) atoms. The minimum absolute atomic E-state index is 0.508. The van der Waals surface area contributed by atoms with E-state index in [1.807, 2.05) is 0 Å². The number of rotatable bonds is 12. The average molecular weight is 1700 g/mol. The van der Waals surface area contributed by atoms with Crippen molar-refractivity contribution in [3.8, 4) is 89.5 Å². The Balaban J connectivity index is 0.000000136. The third-order valence-corrected chi connectivity index (χ3v) is 29.2. The van der Waals surface area contributed by atoms with Crippen LogP contribution in [-0.2, 0) is 10.8 Å². The maximum Gasteiger partial charge on any atom is 0.0734 e. The molecule has 4 aromatic heterocycles. The fourth-order valence-corrected chi connectivity index (χ4v) is 23.5. The monoisotopic (exact) mass is 1700 g/mol. The molecule has 2 aliphatic carbocycles. The van der Waals surface area contributed by atoms with Crippen molar-refractivity contribution in [1.29, 1.82) is 0 Å². The molecule has 4 heteroatoms. The normalized spacial score (nSPS) is 12.9. The lowest BCUT2D eigenvalue weighted by Crippen LogP contribution is -2.29. The average Bonchev–Trinajstić information content (AvgIpc) is 1.51. The predicted octanol–water partition coefficient (Wildman–Crippen LogP) is 33.5. The van der Waals surface area contributed by atoms with Crippen LogP contribution in [0.3, 0.4) is 0 Å². The molecule has 0 unspecified atom stereocenters. The van der Waals surface area contributed by atoms with Crippen LogP contribution in [0.5, 0.6) is 0 Å². The molecule has 0 radical (unpaired) electrons. The van der Waals surface area contributed by atoms with Crippen molar-refractivity contribution in [3.05, 3.63) is 554 Å². The lowest BCUT2D eigenvalue weighted by molar-refractivity contribution is 0.769. The van der Waals surface area contributed by atoms with Crippen molar-refractivity contribution in [3.63, 3.8) is 0 Å². The lowest BCUT2D eigenvalue weighted by Gasteiger charge is -2.34. The minimum Gasteiger partial charge on any atom is -0.309 e. The fourth-order valence-electron chi connectivity index (χ4n) is 23.5. The quantitative estimate of drug-likeness (QED) is 0.116. The summed E-state index contributed by atoms with van der Waals surface area (Å²) in [6, 6.07) is 189. The highest BCUT2D eigenvalue weighted by molar-refractivity contribution is 6.20. The van der Waals surface area contributed by atoms with Crippen LogP contribution in [-0.4, -0.2) is 18.3 Å². The van der Waals surface area contributed by atoms with Crippen LogP contribution in [0.4, 0.5) is 0 Å². The zero-order valence-electron chi connectivity index (χ0n) is 73.3. The number of nitrogens with zero attached hydrogens (tertiary/aromatic N) is 4. The summed E-state index contributed by atoms with van der Waals surface area (Å²) in [5.41, 5.74) is 38.3. The van der Waals surface area contributed by atoms with Gasteiger partial charge in [-0.3, -0.25) is 0 Å². The second-order valence-electron chi connectivity index (χ2n) is 35.9. The molecular weight excluding hydrogens is 1620 g/mol. The molecule has 0 N–H and O–H groups in total. The van der Waals surface area contributed by atoms with Crippen molar-refractivity contribution in [2.45, 2.75) is 10.8 Å². The van der Waals surface area contributed by atoms with E-state index in [0.717, 1.165) is 11.4 Å². The van der Waals surface area contributed by atoms with Crippen molar-refractivity contribution >= 4 is 109 Å². The van der Waals surface area contributed by atoms with Gasteiger partial charge in [0.15, 0.2) is 0 Å². The first-order valence-corrected chi connectivity index (χ1v) is 46.5. The molecule has 624 valence electrons. The van der Waals surface area contributed by atoms with E-state index in [0.29, 0.717) is 0 Å². The predicted molar refractivity (Wildman–Crippen MR) is 562 cm³/mol. The van der Waals surface area contributed by atoms with Gasteiger partial charge in [0.05, 0.1) is 66.3 Å². The Morgan fingerprint density at radius 2 is 0.470 bits per heavy atom. The molecule has 2 aliphatic rings. The number of hydrogen-bond acceptors (Lipinski definition) is 0. The van der Waals surface area contributed by atoms with E-state index >= 15 is 0 Å². The summed E-state index contributed by atoms with van der Waals surface area (Å²) in [7, 11) is 0. The molecule has 22 aromatic carbocycles. The molecular formula is C130H84N4. The Bertz CT molecular complexity index is 9110. The Morgan fingerprint density at radius 3 is 0.925 bits per heavy atom. The van der Waals surface area contributed by atoms with E-state index in [9.17, 15) is 0 Å². The summed E-state index contributed by atoms with van der Waals surface area (Å²) in [4.78, 5) is 0. The molecule has 0 atom stereocenters. The molecule has 0 bridgehead atoms. The van der Waals surface area contributed by atoms with Crippen LogP contribution in [0.25, 0.3) is 198 Å². The molecule has 28 rings (SSSR count). The summed E-state index contributed by atoms with van der Waals surface area (Å²) in [6.07, 6.45) is 0. The Labute approximate surface area is 776 Å². The summed E-state index contributed by atoms with van der Waals surface area (Å²) in [5.74, 6) is 0. The van der Waals surface area contributed by atoms with Crippen LogP contribution >= 0.6 is 0 Å². The fraction of sp³-hybridized carbons (Fsp3) is 0.0154. The highest BCUT2D eigenvalue weighted by Crippen LogP contribution is 2.62. The third-order valence-electron chi connectivity index (χ3n) is 29.2. The third kappa shape index (κ3) is 11.5.